The summed E-state index contributed by atoms with van der Waals surface area (Å²) in [5.41, 5.74) is 4.59. The van der Waals surface area contributed by atoms with Crippen LogP contribution < -0.4 is 5.73 Å². The van der Waals surface area contributed by atoms with Crippen LogP contribution in [0, 0.1) is 5.82 Å². The van der Waals surface area contributed by atoms with E-state index in [1.165, 1.54) is 0 Å². The van der Waals surface area contributed by atoms with E-state index in [0.29, 0.717) is 0 Å². The van der Waals surface area contributed by atoms with Gasteiger partial charge in [0.15, 0.2) is 0 Å². The minimum absolute atomic E-state index is 0.208. The molecule has 0 fully saturated rings. The van der Waals surface area contributed by atoms with Crippen LogP contribution >= 0.6 is 0 Å². The Labute approximate surface area is 83.9 Å². The van der Waals surface area contributed by atoms with Crippen LogP contribution in [0.25, 0.3) is 0 Å². The smallest absolute Gasteiger partial charge is 0.356 e. The monoisotopic (exact) mass is 217 g/mol. The molecule has 4 N–H and O–H groups in total. The Hall–Kier alpha value is -1.69. The summed E-state index contributed by atoms with van der Waals surface area (Å²) >= 11 is 0. The van der Waals surface area contributed by atoms with Crippen molar-refractivity contribution in [3.8, 4) is 5.75 Å². The number of carboxylic acids is 1. The van der Waals surface area contributed by atoms with Crippen molar-refractivity contribution in [2.75, 3.05) is 0 Å². The van der Waals surface area contributed by atoms with Gasteiger partial charge in [-0.2, -0.15) is 0 Å². The van der Waals surface area contributed by atoms with Gasteiger partial charge in [-0.25, -0.2) is 13.6 Å². The van der Waals surface area contributed by atoms with Crippen LogP contribution in [0.5, 0.6) is 5.75 Å². The van der Waals surface area contributed by atoms with Crippen molar-refractivity contribution in [2.24, 2.45) is 5.73 Å². The van der Waals surface area contributed by atoms with E-state index in [2.05, 4.69) is 0 Å². The standard InChI is InChI=1S/C9H9F2NO3/c10-7-3-6(13)2-1-5(7)4-9(11,12)8(14)15/h1-3,13H,4,12H2,(H,14,15)/t9-/m0/s1. The van der Waals surface area contributed by atoms with E-state index in [4.69, 9.17) is 15.9 Å². The van der Waals surface area contributed by atoms with Gasteiger partial charge < -0.3 is 10.2 Å². The second-order valence-electron chi connectivity index (χ2n) is 3.12. The van der Waals surface area contributed by atoms with Crippen LogP contribution in [-0.2, 0) is 11.2 Å². The summed E-state index contributed by atoms with van der Waals surface area (Å²) < 4.78 is 26.2. The normalized spacial score (nSPS) is 14.6. The Morgan fingerprint density at radius 2 is 2.13 bits per heavy atom. The maximum Gasteiger partial charge on any atom is 0.356 e. The molecule has 15 heavy (non-hydrogen) atoms. The third-order valence-corrected chi connectivity index (χ3v) is 1.84. The first-order valence-corrected chi connectivity index (χ1v) is 4.01. The van der Waals surface area contributed by atoms with Gasteiger partial charge >= 0.3 is 5.97 Å². The van der Waals surface area contributed by atoms with Crippen LogP contribution in [0.4, 0.5) is 8.78 Å². The lowest BCUT2D eigenvalue weighted by molar-refractivity contribution is -0.150. The number of carboxylic acid groups (broad SMARTS) is 1. The minimum Gasteiger partial charge on any atom is -0.508 e. The molecule has 0 heterocycles. The molecule has 82 valence electrons. The van der Waals surface area contributed by atoms with Gasteiger partial charge in [-0.15, -0.1) is 0 Å². The highest BCUT2D eigenvalue weighted by molar-refractivity contribution is 5.76. The SMILES string of the molecule is N[C@@](F)(Cc1ccc(O)cc1F)C(=O)O. The molecule has 0 unspecified atom stereocenters. The first kappa shape index (κ1) is 11.4. The molecule has 0 aromatic heterocycles. The Balaban J connectivity index is 2.95. The molecule has 0 amide bonds. The molecule has 0 spiro atoms. The van der Waals surface area contributed by atoms with Crippen LogP contribution in [0.1, 0.15) is 5.56 Å². The number of nitrogens with two attached hydrogens (primary N) is 1. The minimum atomic E-state index is -3.02. The molecular weight excluding hydrogens is 208 g/mol. The zero-order valence-corrected chi connectivity index (χ0v) is 7.58. The number of phenolic OH excluding ortho intramolecular Hbond substituents is 1. The molecule has 0 aliphatic rings. The summed E-state index contributed by atoms with van der Waals surface area (Å²) in [5.74, 6) is -6.11. The number of rotatable bonds is 3. The van der Waals surface area contributed by atoms with E-state index in [0.717, 1.165) is 18.2 Å². The van der Waals surface area contributed by atoms with E-state index in [1.54, 1.807) is 0 Å². The number of carbonyl (C=O) groups is 1. The number of hydrogen-bond donors (Lipinski definition) is 3. The molecule has 1 aromatic rings. The molecule has 0 bridgehead atoms. The van der Waals surface area contributed by atoms with Crippen molar-refractivity contribution in [3.05, 3.63) is 29.6 Å². The van der Waals surface area contributed by atoms with E-state index >= 15 is 0 Å². The first-order valence-electron chi connectivity index (χ1n) is 4.01. The molecule has 0 radical (unpaired) electrons. The molecule has 1 rings (SSSR count). The van der Waals surface area contributed by atoms with Crippen LogP contribution in [0.2, 0.25) is 0 Å². The number of alkyl halides is 1. The molecule has 1 aromatic carbocycles. The summed E-state index contributed by atoms with van der Waals surface area (Å²) in [6.07, 6.45) is -0.797. The number of phenols is 1. The van der Waals surface area contributed by atoms with E-state index < -0.39 is 24.0 Å². The van der Waals surface area contributed by atoms with Crippen molar-refractivity contribution in [1.29, 1.82) is 0 Å². The molecular formula is C9H9F2NO3. The van der Waals surface area contributed by atoms with Gasteiger partial charge in [-0.05, 0) is 11.6 Å². The summed E-state index contributed by atoms with van der Waals surface area (Å²) in [6.45, 7) is 0. The van der Waals surface area contributed by atoms with Crippen molar-refractivity contribution in [2.45, 2.75) is 12.2 Å². The Kier molecular flexibility index (Phi) is 2.90. The lowest BCUT2D eigenvalue weighted by Gasteiger charge is -2.15. The zero-order valence-electron chi connectivity index (χ0n) is 7.58. The maximum atomic E-state index is 13.1. The van der Waals surface area contributed by atoms with Crippen molar-refractivity contribution in [3.63, 3.8) is 0 Å². The third kappa shape index (κ3) is 2.63. The quantitative estimate of drug-likeness (QED) is 0.653. The van der Waals surface area contributed by atoms with Crippen molar-refractivity contribution in [1.82, 2.24) is 0 Å². The van der Waals surface area contributed by atoms with Gasteiger partial charge in [0, 0.05) is 12.5 Å². The number of halogens is 2. The maximum absolute atomic E-state index is 13.1. The lowest BCUT2D eigenvalue weighted by Crippen LogP contribution is -2.45. The number of aliphatic carboxylic acids is 1. The first-order chi connectivity index (χ1) is 6.83. The summed E-state index contributed by atoms with van der Waals surface area (Å²) in [6, 6.07) is 2.96. The lowest BCUT2D eigenvalue weighted by atomic mass is 10.0. The Bertz CT molecular complexity index is 393. The van der Waals surface area contributed by atoms with Gasteiger partial charge in [0.05, 0.1) is 0 Å². The van der Waals surface area contributed by atoms with E-state index in [1.807, 2.05) is 0 Å². The second kappa shape index (κ2) is 3.82. The third-order valence-electron chi connectivity index (χ3n) is 1.84. The van der Waals surface area contributed by atoms with Gasteiger partial charge in [-0.3, -0.25) is 5.73 Å². The number of hydrogen-bond acceptors (Lipinski definition) is 3. The summed E-state index contributed by atoms with van der Waals surface area (Å²) in [4.78, 5) is 10.3. The van der Waals surface area contributed by atoms with Crippen molar-refractivity contribution >= 4 is 5.97 Å². The van der Waals surface area contributed by atoms with Crippen LogP contribution in [0.15, 0.2) is 18.2 Å². The summed E-state index contributed by atoms with van der Waals surface area (Å²) in [7, 11) is 0. The molecule has 1 atom stereocenters. The summed E-state index contributed by atoms with van der Waals surface area (Å²) in [5, 5.41) is 17.2. The predicted molar refractivity (Wildman–Crippen MR) is 47.4 cm³/mol. The highest BCUT2D eigenvalue weighted by Crippen LogP contribution is 2.19. The average molecular weight is 217 g/mol. The Morgan fingerprint density at radius 3 is 2.60 bits per heavy atom. The fourth-order valence-corrected chi connectivity index (χ4v) is 1.03. The number of benzene rings is 1. The van der Waals surface area contributed by atoms with Crippen LogP contribution in [0.3, 0.4) is 0 Å². The fraction of sp³-hybridized carbons (Fsp3) is 0.222. The molecule has 0 aliphatic heterocycles. The van der Waals surface area contributed by atoms with E-state index in [9.17, 15) is 13.6 Å². The zero-order chi connectivity index (χ0) is 11.6. The van der Waals surface area contributed by atoms with Gasteiger partial charge in [0.25, 0.3) is 5.79 Å². The molecule has 0 saturated heterocycles. The highest BCUT2D eigenvalue weighted by Gasteiger charge is 2.34. The van der Waals surface area contributed by atoms with Gasteiger partial charge in [-0.1, -0.05) is 6.07 Å². The van der Waals surface area contributed by atoms with Gasteiger partial charge in [0.1, 0.15) is 11.6 Å². The highest BCUT2D eigenvalue weighted by atomic mass is 19.1. The fourth-order valence-electron chi connectivity index (χ4n) is 1.03. The predicted octanol–water partition coefficient (Wildman–Crippen LogP) is 0.783. The molecule has 0 saturated carbocycles. The largest absolute Gasteiger partial charge is 0.508 e. The Morgan fingerprint density at radius 1 is 1.53 bits per heavy atom. The number of aromatic hydroxyl groups is 1. The topological polar surface area (TPSA) is 83.5 Å². The average Bonchev–Trinajstić information content (AvgIpc) is 2.09. The van der Waals surface area contributed by atoms with E-state index in [-0.39, 0.29) is 11.3 Å². The van der Waals surface area contributed by atoms with Gasteiger partial charge in [0.2, 0.25) is 0 Å². The van der Waals surface area contributed by atoms with Crippen LogP contribution in [-0.4, -0.2) is 22.0 Å². The molecule has 0 aliphatic carbocycles. The second-order valence-corrected chi connectivity index (χ2v) is 3.12. The molecule has 4 nitrogen and oxygen atoms in total. The van der Waals surface area contributed by atoms with Crippen molar-refractivity contribution < 1.29 is 23.8 Å². The molecule has 6 heteroatoms.